The number of nitrogens with two attached hydrogens (primary N) is 1. The third-order valence-electron chi connectivity index (χ3n) is 2.76. The Labute approximate surface area is 122 Å². The van der Waals surface area contributed by atoms with Gasteiger partial charge in [0.05, 0.1) is 0 Å². The Bertz CT molecular complexity index is 653. The number of hydrogen-bond donors (Lipinski definition) is 2. The maximum absolute atomic E-state index is 11.4. The number of benzene rings is 1. The second kappa shape index (κ2) is 6.51. The van der Waals surface area contributed by atoms with Crippen molar-refractivity contribution in [1.29, 1.82) is 0 Å². The van der Waals surface area contributed by atoms with Gasteiger partial charge in [0.25, 0.3) is 5.91 Å². The summed E-state index contributed by atoms with van der Waals surface area (Å²) < 4.78 is 5.68. The molecule has 1 amide bonds. The van der Waals surface area contributed by atoms with Crippen LogP contribution in [0.5, 0.6) is 11.6 Å². The molecule has 0 saturated carbocycles. The lowest BCUT2D eigenvalue weighted by molar-refractivity contribution is 0.0957. The molecule has 2 aromatic rings. The third-order valence-corrected chi connectivity index (χ3v) is 2.76. The summed E-state index contributed by atoms with van der Waals surface area (Å²) in [6.07, 6.45) is 2.39. The van der Waals surface area contributed by atoms with Crippen LogP contribution in [-0.2, 0) is 6.42 Å². The summed E-state index contributed by atoms with van der Waals surface area (Å²) in [5, 5.41) is 10.2. The van der Waals surface area contributed by atoms with Crippen molar-refractivity contribution in [1.82, 2.24) is 15.5 Å². The number of anilines is 1. The number of hydrogen-bond acceptors (Lipinski definition) is 5. The Kier molecular flexibility index (Phi) is 4.50. The van der Waals surface area contributed by atoms with Gasteiger partial charge in [-0.2, -0.15) is 0 Å². The highest BCUT2D eigenvalue weighted by atomic mass is 16.5. The number of ether oxygens (including phenoxy) is 1. The molecule has 0 aliphatic heterocycles. The van der Waals surface area contributed by atoms with E-state index in [-0.39, 0.29) is 11.6 Å². The first-order chi connectivity index (χ1) is 10.1. The summed E-state index contributed by atoms with van der Waals surface area (Å²) >= 11 is 0. The first-order valence-corrected chi connectivity index (χ1v) is 6.37. The summed E-state index contributed by atoms with van der Waals surface area (Å²) in [5.74, 6) is 0.637. The molecule has 3 N–H and O–H groups in total. The fourth-order valence-corrected chi connectivity index (χ4v) is 1.75. The number of nitrogen functional groups attached to an aromatic ring is 1. The van der Waals surface area contributed by atoms with Crippen LogP contribution in [0.15, 0.2) is 43.0 Å². The van der Waals surface area contributed by atoms with Gasteiger partial charge in [-0.1, -0.05) is 6.08 Å². The van der Waals surface area contributed by atoms with Gasteiger partial charge in [-0.3, -0.25) is 4.79 Å². The second-order valence-electron chi connectivity index (χ2n) is 4.30. The van der Waals surface area contributed by atoms with E-state index in [4.69, 9.17) is 10.5 Å². The van der Waals surface area contributed by atoms with Gasteiger partial charge < -0.3 is 15.8 Å². The minimum atomic E-state index is -0.297. The fourth-order valence-electron chi connectivity index (χ4n) is 1.75. The van der Waals surface area contributed by atoms with Gasteiger partial charge in [-0.05, 0) is 30.7 Å². The van der Waals surface area contributed by atoms with Crippen molar-refractivity contribution in [3.05, 3.63) is 54.2 Å². The number of nitrogens with zero attached hydrogens (tertiary/aromatic N) is 2. The van der Waals surface area contributed by atoms with Crippen molar-refractivity contribution in [3.63, 3.8) is 0 Å². The maximum atomic E-state index is 11.4. The number of aromatic nitrogens is 2. The lowest BCUT2D eigenvalue weighted by atomic mass is 10.1. The predicted octanol–water partition coefficient (Wildman–Crippen LogP) is 1.94. The molecule has 0 saturated heterocycles. The Morgan fingerprint density at radius 1 is 1.38 bits per heavy atom. The van der Waals surface area contributed by atoms with E-state index >= 15 is 0 Å². The summed E-state index contributed by atoms with van der Waals surface area (Å²) in [5.41, 5.74) is 7.55. The molecular formula is C15H16N4O2. The SMILES string of the molecule is C=CCc1cc(N)ccc1Oc1ccc(C(=O)NC)nn1. The molecule has 2 rings (SSSR count). The highest BCUT2D eigenvalue weighted by molar-refractivity contribution is 5.91. The van der Waals surface area contributed by atoms with Crippen molar-refractivity contribution in [2.45, 2.75) is 6.42 Å². The van der Waals surface area contributed by atoms with Crippen LogP contribution in [0, 0.1) is 0 Å². The summed E-state index contributed by atoms with van der Waals surface area (Å²) in [4.78, 5) is 11.4. The molecule has 0 aliphatic carbocycles. The van der Waals surface area contributed by atoms with Gasteiger partial charge in [0, 0.05) is 24.4 Å². The topological polar surface area (TPSA) is 90.1 Å². The zero-order chi connectivity index (χ0) is 15.2. The average Bonchev–Trinajstić information content (AvgIpc) is 2.50. The van der Waals surface area contributed by atoms with E-state index in [9.17, 15) is 4.79 Å². The summed E-state index contributed by atoms with van der Waals surface area (Å²) in [7, 11) is 1.53. The Hall–Kier alpha value is -2.89. The van der Waals surface area contributed by atoms with E-state index in [1.807, 2.05) is 6.07 Å². The lowest BCUT2D eigenvalue weighted by Gasteiger charge is -2.10. The maximum Gasteiger partial charge on any atom is 0.271 e. The van der Waals surface area contributed by atoms with E-state index in [0.717, 1.165) is 5.56 Å². The van der Waals surface area contributed by atoms with E-state index in [0.29, 0.717) is 23.7 Å². The van der Waals surface area contributed by atoms with Crippen molar-refractivity contribution in [3.8, 4) is 11.6 Å². The largest absolute Gasteiger partial charge is 0.437 e. The molecule has 0 aliphatic rings. The number of rotatable bonds is 5. The minimum absolute atomic E-state index is 0.230. The fraction of sp³-hybridized carbons (Fsp3) is 0.133. The van der Waals surface area contributed by atoms with Crippen molar-refractivity contribution >= 4 is 11.6 Å². The molecule has 1 aromatic carbocycles. The van der Waals surface area contributed by atoms with Gasteiger partial charge in [-0.25, -0.2) is 0 Å². The zero-order valence-corrected chi connectivity index (χ0v) is 11.7. The number of allylic oxidation sites excluding steroid dienone is 1. The highest BCUT2D eigenvalue weighted by Crippen LogP contribution is 2.26. The molecule has 6 heteroatoms. The van der Waals surface area contributed by atoms with Crippen LogP contribution in [0.3, 0.4) is 0 Å². The molecule has 0 fully saturated rings. The molecule has 1 heterocycles. The van der Waals surface area contributed by atoms with Crippen LogP contribution in [0.25, 0.3) is 0 Å². The van der Waals surface area contributed by atoms with Crippen LogP contribution >= 0.6 is 0 Å². The van der Waals surface area contributed by atoms with Gasteiger partial charge in [0.15, 0.2) is 5.69 Å². The predicted molar refractivity (Wildman–Crippen MR) is 80.3 cm³/mol. The van der Waals surface area contributed by atoms with E-state index in [1.165, 1.54) is 7.05 Å². The van der Waals surface area contributed by atoms with Gasteiger partial charge in [0.1, 0.15) is 5.75 Å². The molecule has 0 unspecified atom stereocenters. The van der Waals surface area contributed by atoms with Gasteiger partial charge >= 0.3 is 0 Å². The molecule has 0 spiro atoms. The zero-order valence-electron chi connectivity index (χ0n) is 11.7. The van der Waals surface area contributed by atoms with Crippen LogP contribution in [0.4, 0.5) is 5.69 Å². The average molecular weight is 284 g/mol. The Balaban J connectivity index is 2.21. The smallest absolute Gasteiger partial charge is 0.271 e. The molecule has 0 atom stereocenters. The molecule has 21 heavy (non-hydrogen) atoms. The van der Waals surface area contributed by atoms with Gasteiger partial charge in [-0.15, -0.1) is 16.8 Å². The van der Waals surface area contributed by atoms with Crippen LogP contribution in [0.2, 0.25) is 0 Å². The van der Waals surface area contributed by atoms with E-state index < -0.39 is 0 Å². The second-order valence-corrected chi connectivity index (χ2v) is 4.30. The monoisotopic (exact) mass is 284 g/mol. The van der Waals surface area contributed by atoms with Crippen molar-refractivity contribution in [2.24, 2.45) is 0 Å². The minimum Gasteiger partial charge on any atom is -0.437 e. The molecule has 0 radical (unpaired) electrons. The molecule has 1 aromatic heterocycles. The first-order valence-electron chi connectivity index (χ1n) is 6.37. The standard InChI is InChI=1S/C15H16N4O2/c1-3-4-10-9-11(16)5-7-13(10)21-14-8-6-12(18-19-14)15(20)17-2/h3,5-9H,1,4,16H2,2H3,(H,17,20). The van der Waals surface area contributed by atoms with E-state index in [1.54, 1.807) is 30.3 Å². The molecule has 108 valence electrons. The molecular weight excluding hydrogens is 268 g/mol. The van der Waals surface area contributed by atoms with Crippen molar-refractivity contribution < 1.29 is 9.53 Å². The molecule has 6 nitrogen and oxygen atoms in total. The number of carbonyl (C=O) groups is 1. The van der Waals surface area contributed by atoms with Crippen LogP contribution in [-0.4, -0.2) is 23.2 Å². The normalized spacial score (nSPS) is 9.95. The van der Waals surface area contributed by atoms with Gasteiger partial charge in [0.2, 0.25) is 5.88 Å². The summed E-state index contributed by atoms with van der Waals surface area (Å²) in [6, 6.07) is 8.47. The Morgan fingerprint density at radius 2 is 2.19 bits per heavy atom. The lowest BCUT2D eigenvalue weighted by Crippen LogP contribution is -2.19. The van der Waals surface area contributed by atoms with Crippen LogP contribution < -0.4 is 15.8 Å². The molecule has 0 bridgehead atoms. The highest BCUT2D eigenvalue weighted by Gasteiger charge is 2.09. The van der Waals surface area contributed by atoms with Crippen LogP contribution in [0.1, 0.15) is 16.1 Å². The number of amides is 1. The number of carbonyl (C=O) groups excluding carboxylic acids is 1. The Morgan fingerprint density at radius 3 is 2.81 bits per heavy atom. The quantitative estimate of drug-likeness (QED) is 0.647. The first kappa shape index (κ1) is 14.5. The van der Waals surface area contributed by atoms with Crippen molar-refractivity contribution in [2.75, 3.05) is 12.8 Å². The summed E-state index contributed by atoms with van der Waals surface area (Å²) in [6.45, 7) is 3.71. The third kappa shape index (κ3) is 3.56. The number of nitrogens with one attached hydrogen (secondary N) is 1. The van der Waals surface area contributed by atoms with E-state index in [2.05, 4.69) is 22.1 Å².